The maximum Gasteiger partial charge on any atom is 0.241 e. The van der Waals surface area contributed by atoms with Crippen molar-refractivity contribution in [2.45, 2.75) is 49.6 Å². The predicted octanol–water partition coefficient (Wildman–Crippen LogP) is 2.34. The van der Waals surface area contributed by atoms with Crippen molar-refractivity contribution in [2.24, 2.45) is 0 Å². The van der Waals surface area contributed by atoms with E-state index in [1.54, 1.807) is 19.1 Å². The van der Waals surface area contributed by atoms with Crippen LogP contribution in [0.2, 0.25) is 0 Å². The van der Waals surface area contributed by atoms with Crippen molar-refractivity contribution in [1.29, 1.82) is 0 Å². The summed E-state index contributed by atoms with van der Waals surface area (Å²) in [4.78, 5) is 0.264. The van der Waals surface area contributed by atoms with E-state index in [4.69, 9.17) is 0 Å². The topological polar surface area (TPSA) is 66.4 Å². The zero-order valence-corrected chi connectivity index (χ0v) is 13.2. The number of halogens is 1. The zero-order valence-electron chi connectivity index (χ0n) is 10.8. The average Bonchev–Trinajstić information content (AvgIpc) is 2.35. The maximum absolute atomic E-state index is 12.4. The lowest BCUT2D eigenvalue weighted by atomic mass is 9.93. The summed E-state index contributed by atoms with van der Waals surface area (Å²) in [5.41, 5.74) is 0.695. The van der Waals surface area contributed by atoms with E-state index in [9.17, 15) is 13.5 Å². The van der Waals surface area contributed by atoms with Gasteiger partial charge in [-0.3, -0.25) is 0 Å². The molecular formula is C13H18BrNO3S. The molecule has 1 aromatic rings. The summed E-state index contributed by atoms with van der Waals surface area (Å²) in [6, 6.07) is 4.78. The number of aliphatic hydroxyl groups excluding tert-OH is 1. The van der Waals surface area contributed by atoms with Gasteiger partial charge in [-0.1, -0.05) is 34.8 Å². The van der Waals surface area contributed by atoms with E-state index in [0.29, 0.717) is 18.4 Å². The van der Waals surface area contributed by atoms with Crippen LogP contribution in [0.4, 0.5) is 0 Å². The van der Waals surface area contributed by atoms with Gasteiger partial charge in [0, 0.05) is 10.5 Å². The quantitative estimate of drug-likeness (QED) is 0.881. The Labute approximate surface area is 122 Å². The van der Waals surface area contributed by atoms with E-state index in [-0.39, 0.29) is 10.9 Å². The minimum atomic E-state index is -3.59. The van der Waals surface area contributed by atoms with Crippen LogP contribution in [0, 0.1) is 6.92 Å². The van der Waals surface area contributed by atoms with Gasteiger partial charge in [-0.25, -0.2) is 13.1 Å². The van der Waals surface area contributed by atoms with Crippen LogP contribution >= 0.6 is 15.9 Å². The molecule has 1 saturated carbocycles. The highest BCUT2D eigenvalue weighted by Crippen LogP contribution is 2.24. The van der Waals surface area contributed by atoms with Crippen molar-refractivity contribution in [1.82, 2.24) is 4.72 Å². The Morgan fingerprint density at radius 1 is 1.32 bits per heavy atom. The summed E-state index contributed by atoms with van der Waals surface area (Å²) >= 11 is 3.28. The van der Waals surface area contributed by atoms with E-state index in [2.05, 4.69) is 20.7 Å². The number of nitrogens with one attached hydrogen (secondary N) is 1. The first-order chi connectivity index (χ1) is 8.90. The van der Waals surface area contributed by atoms with Crippen molar-refractivity contribution in [3.8, 4) is 0 Å². The highest BCUT2D eigenvalue weighted by Gasteiger charge is 2.28. The lowest BCUT2D eigenvalue weighted by Crippen LogP contribution is -2.45. The fourth-order valence-corrected chi connectivity index (χ4v) is 4.46. The first-order valence-electron chi connectivity index (χ1n) is 6.37. The van der Waals surface area contributed by atoms with E-state index >= 15 is 0 Å². The molecule has 4 nitrogen and oxygen atoms in total. The molecule has 2 rings (SSSR count). The molecule has 6 heteroatoms. The second kappa shape index (κ2) is 5.91. The fourth-order valence-electron chi connectivity index (χ4n) is 2.37. The Morgan fingerprint density at radius 3 is 2.68 bits per heavy atom. The molecule has 0 spiro atoms. The highest BCUT2D eigenvalue weighted by atomic mass is 79.9. The third kappa shape index (κ3) is 3.56. The molecule has 0 saturated heterocycles. The fraction of sp³-hybridized carbons (Fsp3) is 0.538. The number of rotatable bonds is 3. The molecule has 1 aliphatic carbocycles. The molecule has 19 heavy (non-hydrogen) atoms. The third-order valence-corrected chi connectivity index (χ3v) is 5.60. The Balaban J connectivity index is 2.24. The Morgan fingerprint density at radius 2 is 2.00 bits per heavy atom. The van der Waals surface area contributed by atoms with Crippen molar-refractivity contribution >= 4 is 26.0 Å². The van der Waals surface area contributed by atoms with Crippen LogP contribution in [0.15, 0.2) is 27.6 Å². The van der Waals surface area contributed by atoms with Gasteiger partial charge in [-0.05, 0) is 37.5 Å². The SMILES string of the molecule is Cc1ccc(Br)cc1S(=O)(=O)NC1CCCCC1O. The molecule has 0 radical (unpaired) electrons. The van der Waals surface area contributed by atoms with Gasteiger partial charge in [0.1, 0.15) is 0 Å². The van der Waals surface area contributed by atoms with Crippen molar-refractivity contribution in [2.75, 3.05) is 0 Å². The van der Waals surface area contributed by atoms with Crippen LogP contribution in [0.25, 0.3) is 0 Å². The molecule has 0 aliphatic heterocycles. The van der Waals surface area contributed by atoms with Gasteiger partial charge in [-0.15, -0.1) is 0 Å². The van der Waals surface area contributed by atoms with Crippen LogP contribution in [0.5, 0.6) is 0 Å². The largest absolute Gasteiger partial charge is 0.391 e. The summed E-state index contributed by atoms with van der Waals surface area (Å²) < 4.78 is 28.1. The lowest BCUT2D eigenvalue weighted by Gasteiger charge is -2.28. The van der Waals surface area contributed by atoms with Crippen LogP contribution in [-0.4, -0.2) is 25.7 Å². The normalized spacial score (nSPS) is 24.4. The predicted molar refractivity (Wildman–Crippen MR) is 77.5 cm³/mol. The van der Waals surface area contributed by atoms with E-state index < -0.39 is 16.1 Å². The van der Waals surface area contributed by atoms with Gasteiger partial charge < -0.3 is 5.11 Å². The molecule has 2 atom stereocenters. The Hall–Kier alpha value is -0.430. The van der Waals surface area contributed by atoms with Gasteiger partial charge >= 0.3 is 0 Å². The first-order valence-corrected chi connectivity index (χ1v) is 8.64. The monoisotopic (exact) mass is 347 g/mol. The molecule has 1 aromatic carbocycles. The lowest BCUT2D eigenvalue weighted by molar-refractivity contribution is 0.101. The third-order valence-electron chi connectivity index (χ3n) is 3.48. The first kappa shape index (κ1) is 15.0. The summed E-state index contributed by atoms with van der Waals surface area (Å²) in [6.45, 7) is 1.76. The van der Waals surface area contributed by atoms with Gasteiger partial charge in [0.15, 0.2) is 0 Å². The molecule has 0 bridgehead atoms. The standard InChI is InChI=1S/C13H18BrNO3S/c1-9-6-7-10(14)8-13(9)19(17,18)15-11-4-2-3-5-12(11)16/h6-8,11-12,15-16H,2-5H2,1H3. The van der Waals surface area contributed by atoms with Crippen LogP contribution in [0.3, 0.4) is 0 Å². The minimum absolute atomic E-state index is 0.264. The number of benzene rings is 1. The molecule has 106 valence electrons. The van der Waals surface area contributed by atoms with Crippen LogP contribution < -0.4 is 4.72 Å². The molecular weight excluding hydrogens is 330 g/mol. The maximum atomic E-state index is 12.4. The number of sulfonamides is 1. The zero-order chi connectivity index (χ0) is 14.0. The molecule has 0 aromatic heterocycles. The molecule has 1 aliphatic rings. The number of aryl methyl sites for hydroxylation is 1. The van der Waals surface area contributed by atoms with Gasteiger partial charge in [-0.2, -0.15) is 0 Å². The average molecular weight is 348 g/mol. The highest BCUT2D eigenvalue weighted by molar-refractivity contribution is 9.10. The summed E-state index contributed by atoms with van der Waals surface area (Å²) in [7, 11) is -3.59. The van der Waals surface area contributed by atoms with Gasteiger partial charge in [0.25, 0.3) is 0 Å². The van der Waals surface area contributed by atoms with Gasteiger partial charge in [0.05, 0.1) is 11.0 Å². The molecule has 0 heterocycles. The smallest absolute Gasteiger partial charge is 0.241 e. The van der Waals surface area contributed by atoms with Crippen LogP contribution in [-0.2, 0) is 10.0 Å². The summed E-state index contributed by atoms with van der Waals surface area (Å²) in [5.74, 6) is 0. The molecule has 1 fully saturated rings. The minimum Gasteiger partial charge on any atom is -0.391 e. The molecule has 0 amide bonds. The second-order valence-corrected chi connectivity index (χ2v) is 7.59. The second-order valence-electron chi connectivity index (χ2n) is 4.99. The van der Waals surface area contributed by atoms with Crippen molar-refractivity contribution in [3.63, 3.8) is 0 Å². The number of hydrogen-bond acceptors (Lipinski definition) is 3. The molecule has 2 unspecified atom stereocenters. The van der Waals surface area contributed by atoms with E-state index in [0.717, 1.165) is 17.3 Å². The molecule has 2 N–H and O–H groups in total. The van der Waals surface area contributed by atoms with E-state index in [1.807, 2.05) is 6.07 Å². The van der Waals surface area contributed by atoms with Crippen molar-refractivity contribution < 1.29 is 13.5 Å². The summed E-state index contributed by atoms with van der Waals surface area (Å²) in [6.07, 6.45) is 2.66. The van der Waals surface area contributed by atoms with E-state index in [1.165, 1.54) is 0 Å². The Kier molecular flexibility index (Phi) is 4.66. The van der Waals surface area contributed by atoms with Crippen LogP contribution in [0.1, 0.15) is 31.2 Å². The Bertz CT molecular complexity index is 559. The van der Waals surface area contributed by atoms with Gasteiger partial charge in [0.2, 0.25) is 10.0 Å². The number of hydrogen-bond donors (Lipinski definition) is 2. The number of aliphatic hydroxyl groups is 1. The van der Waals surface area contributed by atoms with Crippen molar-refractivity contribution in [3.05, 3.63) is 28.2 Å². The summed E-state index contributed by atoms with van der Waals surface area (Å²) in [5, 5.41) is 9.87.